The maximum absolute atomic E-state index is 13.1. The van der Waals surface area contributed by atoms with E-state index in [1.54, 1.807) is 19.9 Å². The minimum Gasteiger partial charge on any atom is -0.492 e. The summed E-state index contributed by atoms with van der Waals surface area (Å²) >= 11 is 0. The average molecular weight is 402 g/mol. The SMILES string of the molecule is CCCOc1c2c(cc3oc(C4(O)CCCCC4)cc(=O)c13)OC(C(C)(C)O)C2. The number of hydrogen-bond acceptors (Lipinski definition) is 6. The first-order chi connectivity index (χ1) is 13.7. The summed E-state index contributed by atoms with van der Waals surface area (Å²) < 4.78 is 18.1. The van der Waals surface area contributed by atoms with Crippen molar-refractivity contribution in [2.75, 3.05) is 6.61 Å². The second-order valence-corrected chi connectivity index (χ2v) is 8.94. The largest absolute Gasteiger partial charge is 0.492 e. The van der Waals surface area contributed by atoms with Crippen molar-refractivity contribution < 1.29 is 24.1 Å². The quantitative estimate of drug-likeness (QED) is 0.791. The number of fused-ring (bicyclic) bond motifs is 2. The minimum atomic E-state index is -1.11. The summed E-state index contributed by atoms with van der Waals surface area (Å²) in [6.45, 7) is 5.87. The zero-order valence-electron chi connectivity index (χ0n) is 17.4. The van der Waals surface area contributed by atoms with Gasteiger partial charge in [0, 0.05) is 24.1 Å². The van der Waals surface area contributed by atoms with Crippen LogP contribution in [-0.2, 0) is 12.0 Å². The Bertz CT molecular complexity index is 962. The lowest BCUT2D eigenvalue weighted by atomic mass is 9.83. The normalized spacial score (nSPS) is 21.1. The second-order valence-electron chi connectivity index (χ2n) is 8.94. The van der Waals surface area contributed by atoms with Crippen LogP contribution in [0.5, 0.6) is 11.5 Å². The molecule has 0 spiro atoms. The van der Waals surface area contributed by atoms with Crippen LogP contribution in [0.4, 0.5) is 0 Å². The third kappa shape index (κ3) is 3.64. The first kappa shape index (κ1) is 20.2. The minimum absolute atomic E-state index is 0.221. The molecule has 1 aliphatic heterocycles. The molecule has 0 saturated heterocycles. The van der Waals surface area contributed by atoms with Gasteiger partial charge in [-0.05, 0) is 33.1 Å². The van der Waals surface area contributed by atoms with Gasteiger partial charge >= 0.3 is 0 Å². The molecule has 2 N–H and O–H groups in total. The van der Waals surface area contributed by atoms with Gasteiger partial charge in [0.05, 0.1) is 12.2 Å². The van der Waals surface area contributed by atoms with Crippen molar-refractivity contribution >= 4 is 11.0 Å². The fourth-order valence-electron chi connectivity index (χ4n) is 4.35. The van der Waals surface area contributed by atoms with Gasteiger partial charge in [0.15, 0.2) is 5.43 Å². The summed E-state index contributed by atoms with van der Waals surface area (Å²) in [6.07, 6.45) is 4.88. The molecule has 6 nitrogen and oxygen atoms in total. The first-order valence-corrected chi connectivity index (χ1v) is 10.6. The Kier molecular flexibility index (Phi) is 5.11. The molecule has 1 atom stereocenters. The summed E-state index contributed by atoms with van der Waals surface area (Å²) in [5.74, 6) is 1.35. The Morgan fingerprint density at radius 3 is 2.62 bits per heavy atom. The van der Waals surface area contributed by atoms with Crippen molar-refractivity contribution in [1.82, 2.24) is 0 Å². The molecule has 1 aromatic heterocycles. The van der Waals surface area contributed by atoms with Gasteiger partial charge in [-0.2, -0.15) is 0 Å². The lowest BCUT2D eigenvalue weighted by Gasteiger charge is -2.30. The molecular formula is C23H30O6. The first-order valence-electron chi connectivity index (χ1n) is 10.6. The van der Waals surface area contributed by atoms with Crippen LogP contribution in [0.25, 0.3) is 11.0 Å². The van der Waals surface area contributed by atoms with E-state index in [2.05, 4.69) is 0 Å². The van der Waals surface area contributed by atoms with Gasteiger partial charge in [-0.3, -0.25) is 4.79 Å². The van der Waals surface area contributed by atoms with E-state index < -0.39 is 17.3 Å². The summed E-state index contributed by atoms with van der Waals surface area (Å²) in [5, 5.41) is 21.8. The smallest absolute Gasteiger partial charge is 0.196 e. The van der Waals surface area contributed by atoms with Crippen LogP contribution < -0.4 is 14.9 Å². The Balaban J connectivity index is 1.87. The second kappa shape index (κ2) is 7.33. The molecule has 1 unspecified atom stereocenters. The molecule has 0 bridgehead atoms. The highest BCUT2D eigenvalue weighted by Crippen LogP contribution is 2.44. The van der Waals surface area contributed by atoms with Gasteiger partial charge in [0.25, 0.3) is 0 Å². The monoisotopic (exact) mass is 402 g/mol. The third-order valence-corrected chi connectivity index (χ3v) is 6.07. The number of benzene rings is 1. The van der Waals surface area contributed by atoms with Crippen molar-refractivity contribution in [2.24, 2.45) is 0 Å². The van der Waals surface area contributed by atoms with Gasteiger partial charge in [-0.1, -0.05) is 26.2 Å². The number of rotatable bonds is 5. The highest BCUT2D eigenvalue weighted by molar-refractivity contribution is 5.87. The van der Waals surface area contributed by atoms with Crippen molar-refractivity contribution in [3.8, 4) is 11.5 Å². The van der Waals surface area contributed by atoms with Crippen LogP contribution in [0.3, 0.4) is 0 Å². The summed E-state index contributed by atoms with van der Waals surface area (Å²) in [4.78, 5) is 13.1. The van der Waals surface area contributed by atoms with Gasteiger partial charge in [0.2, 0.25) is 0 Å². The molecule has 1 saturated carbocycles. The Hall–Kier alpha value is -2.05. The molecule has 6 heteroatoms. The average Bonchev–Trinajstić information content (AvgIpc) is 3.10. The van der Waals surface area contributed by atoms with Crippen LogP contribution >= 0.6 is 0 Å². The molecule has 158 valence electrons. The zero-order valence-corrected chi connectivity index (χ0v) is 17.4. The Labute approximate surface area is 170 Å². The third-order valence-electron chi connectivity index (χ3n) is 6.07. The summed E-state index contributed by atoms with van der Waals surface area (Å²) in [7, 11) is 0. The maximum atomic E-state index is 13.1. The van der Waals surface area contributed by atoms with Crippen molar-refractivity contribution in [3.63, 3.8) is 0 Å². The predicted octanol–water partition coefficient (Wildman–Crippen LogP) is 3.81. The molecule has 2 aliphatic rings. The molecule has 2 heterocycles. The Morgan fingerprint density at radius 2 is 1.97 bits per heavy atom. The molecule has 1 aliphatic carbocycles. The fourth-order valence-corrected chi connectivity index (χ4v) is 4.35. The summed E-state index contributed by atoms with van der Waals surface area (Å²) in [5.41, 5.74) is -1.22. The van der Waals surface area contributed by atoms with Crippen LogP contribution in [0.2, 0.25) is 0 Å². The molecule has 0 amide bonds. The van der Waals surface area contributed by atoms with E-state index >= 15 is 0 Å². The maximum Gasteiger partial charge on any atom is 0.196 e. The van der Waals surface area contributed by atoms with Crippen LogP contribution in [-0.4, -0.2) is 28.5 Å². The number of ether oxygens (including phenoxy) is 2. The van der Waals surface area contributed by atoms with E-state index in [-0.39, 0.29) is 5.43 Å². The van der Waals surface area contributed by atoms with Crippen molar-refractivity contribution in [3.05, 3.63) is 33.7 Å². The molecular weight excluding hydrogens is 372 g/mol. The number of aliphatic hydroxyl groups is 2. The van der Waals surface area contributed by atoms with E-state index in [4.69, 9.17) is 13.9 Å². The highest BCUT2D eigenvalue weighted by Gasteiger charge is 2.39. The molecule has 4 rings (SSSR count). The van der Waals surface area contributed by atoms with Crippen LogP contribution in [0.15, 0.2) is 21.3 Å². The van der Waals surface area contributed by atoms with Crippen LogP contribution in [0, 0.1) is 0 Å². The van der Waals surface area contributed by atoms with E-state index in [1.807, 2.05) is 6.92 Å². The van der Waals surface area contributed by atoms with Gasteiger partial charge < -0.3 is 24.1 Å². The van der Waals surface area contributed by atoms with E-state index in [0.29, 0.717) is 54.1 Å². The Morgan fingerprint density at radius 1 is 1.24 bits per heavy atom. The molecule has 0 radical (unpaired) electrons. The van der Waals surface area contributed by atoms with E-state index in [0.717, 1.165) is 31.2 Å². The molecule has 2 aromatic rings. The van der Waals surface area contributed by atoms with E-state index in [9.17, 15) is 15.0 Å². The van der Waals surface area contributed by atoms with Crippen LogP contribution in [0.1, 0.15) is 70.6 Å². The zero-order chi connectivity index (χ0) is 20.8. The standard InChI is InChI=1S/C23H30O6/c1-4-10-27-21-14-11-18(22(2,3)25)28-16(14)13-17-20(21)15(24)12-19(29-17)23(26)8-6-5-7-9-23/h12-13,18,25-26H,4-11H2,1-3H3. The number of hydrogen-bond donors (Lipinski definition) is 2. The summed E-state index contributed by atoms with van der Waals surface area (Å²) in [6, 6.07) is 3.12. The van der Waals surface area contributed by atoms with E-state index in [1.165, 1.54) is 6.07 Å². The lowest BCUT2D eigenvalue weighted by Crippen LogP contribution is -2.39. The fraction of sp³-hybridized carbons (Fsp3) is 0.609. The van der Waals surface area contributed by atoms with Crippen molar-refractivity contribution in [1.29, 1.82) is 0 Å². The van der Waals surface area contributed by atoms with Gasteiger partial charge in [-0.25, -0.2) is 0 Å². The molecule has 29 heavy (non-hydrogen) atoms. The highest BCUT2D eigenvalue weighted by atomic mass is 16.5. The topological polar surface area (TPSA) is 89.1 Å². The van der Waals surface area contributed by atoms with Gasteiger partial charge in [0.1, 0.15) is 39.9 Å². The van der Waals surface area contributed by atoms with Crippen molar-refractivity contribution in [2.45, 2.75) is 83.0 Å². The van der Waals surface area contributed by atoms with Gasteiger partial charge in [-0.15, -0.1) is 0 Å². The molecule has 1 fully saturated rings. The predicted molar refractivity (Wildman–Crippen MR) is 110 cm³/mol. The lowest BCUT2D eigenvalue weighted by molar-refractivity contribution is -0.0230. The molecule has 1 aromatic carbocycles.